The fourth-order valence-electron chi connectivity index (χ4n) is 2.22. The molecule has 128 valence electrons. The average molecular weight is 382 g/mol. The number of rotatable bonds is 8. The lowest BCUT2D eigenvalue weighted by atomic mass is 10.1. The Hall–Kier alpha value is -0.660. The van der Waals surface area contributed by atoms with E-state index in [1.807, 2.05) is 21.6 Å². The van der Waals surface area contributed by atoms with Crippen molar-refractivity contribution in [3.63, 3.8) is 0 Å². The van der Waals surface area contributed by atoms with Crippen LogP contribution in [-0.4, -0.2) is 23.5 Å². The number of hydrogen-bond acceptors (Lipinski definition) is 4. The average Bonchev–Trinajstić information content (AvgIpc) is 2.99. The van der Waals surface area contributed by atoms with Crippen LogP contribution < -0.4 is 10.1 Å². The van der Waals surface area contributed by atoms with E-state index in [1.165, 1.54) is 30.4 Å². The van der Waals surface area contributed by atoms with Crippen molar-refractivity contribution >= 4 is 44.8 Å². The topological polar surface area (TPSA) is 38.3 Å². The summed E-state index contributed by atoms with van der Waals surface area (Å²) in [5.74, 6) is 1.02. The molecule has 23 heavy (non-hydrogen) atoms. The first kappa shape index (κ1) is 18.7. The van der Waals surface area contributed by atoms with Crippen LogP contribution >= 0.6 is 33.2 Å². The van der Waals surface area contributed by atoms with Crippen LogP contribution in [0.5, 0.6) is 5.75 Å². The molecule has 0 aliphatic carbocycles. The summed E-state index contributed by atoms with van der Waals surface area (Å²) in [6.07, 6.45) is 4.72. The lowest BCUT2D eigenvalue weighted by Gasteiger charge is -2.10. The fraction of sp³-hybridized carbons (Fsp3) is 0.533. The Labute approximate surface area is 147 Å². The molecule has 0 saturated carbocycles. The van der Waals surface area contributed by atoms with Crippen molar-refractivity contribution in [3.05, 3.63) is 23.2 Å². The molecule has 1 saturated heterocycles. The summed E-state index contributed by atoms with van der Waals surface area (Å²) in [6.45, 7) is -2.93. The van der Waals surface area contributed by atoms with Gasteiger partial charge in [-0.15, -0.1) is 0 Å². The number of nitrogens with one attached hydrogen (secondary N) is 1. The molecule has 0 aromatic heterocycles. The molecular weight excluding hydrogens is 364 g/mol. The molecule has 1 atom stereocenters. The van der Waals surface area contributed by atoms with Gasteiger partial charge in [-0.3, -0.25) is 4.79 Å². The molecule has 8 heteroatoms. The maximum atomic E-state index is 12.1. The molecule has 1 amide bonds. The molecule has 0 spiro atoms. The third-order valence-electron chi connectivity index (χ3n) is 3.34. The number of hydrogen-bond donors (Lipinski definition) is 1. The number of amides is 1. The molecule has 1 unspecified atom stereocenters. The van der Waals surface area contributed by atoms with Gasteiger partial charge in [-0.1, -0.05) is 39.6 Å². The summed E-state index contributed by atoms with van der Waals surface area (Å²) in [6, 6.07) is 4.22. The normalized spacial score (nSPS) is 17.5. The summed E-state index contributed by atoms with van der Waals surface area (Å²) < 4.78 is 28.5. The Morgan fingerprint density at radius 3 is 2.91 bits per heavy atom. The second-order valence-electron chi connectivity index (χ2n) is 5.15. The minimum atomic E-state index is -2.93. The molecular formula is C15H18ClF2NO2S2. The number of anilines is 1. The van der Waals surface area contributed by atoms with Crippen LogP contribution in [-0.2, 0) is 4.79 Å². The first-order valence-corrected chi connectivity index (χ1v) is 10.1. The van der Waals surface area contributed by atoms with Crippen molar-refractivity contribution in [1.29, 1.82) is 0 Å². The maximum Gasteiger partial charge on any atom is 0.387 e. The van der Waals surface area contributed by atoms with Crippen molar-refractivity contribution in [2.24, 2.45) is 0 Å². The van der Waals surface area contributed by atoms with Gasteiger partial charge in [0, 0.05) is 23.1 Å². The number of benzene rings is 1. The van der Waals surface area contributed by atoms with E-state index in [9.17, 15) is 13.6 Å². The molecule has 1 aliphatic rings. The highest BCUT2D eigenvalue weighted by Gasteiger charge is 2.16. The summed E-state index contributed by atoms with van der Waals surface area (Å²) in [7, 11) is 3.87. The highest BCUT2D eigenvalue weighted by atomic mass is 35.5. The maximum absolute atomic E-state index is 12.1. The van der Waals surface area contributed by atoms with Gasteiger partial charge < -0.3 is 10.1 Å². The fourth-order valence-corrected chi connectivity index (χ4v) is 5.47. The van der Waals surface area contributed by atoms with Gasteiger partial charge in [-0.25, -0.2) is 0 Å². The molecule has 1 aliphatic heterocycles. The van der Waals surface area contributed by atoms with Crippen molar-refractivity contribution in [1.82, 2.24) is 0 Å². The van der Waals surface area contributed by atoms with Gasteiger partial charge in [0.2, 0.25) is 5.91 Å². The number of unbranched alkanes of at least 4 members (excludes halogenated alkanes) is 1. The highest BCUT2D eigenvalue weighted by Crippen LogP contribution is 2.39. The lowest BCUT2D eigenvalue weighted by Crippen LogP contribution is -2.11. The largest absolute Gasteiger partial charge is 0.433 e. The van der Waals surface area contributed by atoms with Crippen LogP contribution in [0.4, 0.5) is 14.5 Å². The molecule has 1 aromatic carbocycles. The monoisotopic (exact) mass is 381 g/mol. The zero-order chi connectivity index (χ0) is 16.7. The molecule has 1 aromatic rings. The Bertz CT molecular complexity index is 528. The van der Waals surface area contributed by atoms with Gasteiger partial charge in [-0.2, -0.15) is 8.78 Å². The van der Waals surface area contributed by atoms with E-state index in [1.54, 1.807) is 0 Å². The van der Waals surface area contributed by atoms with Gasteiger partial charge in [0.15, 0.2) is 0 Å². The van der Waals surface area contributed by atoms with Crippen molar-refractivity contribution in [2.75, 3.05) is 11.1 Å². The molecule has 1 heterocycles. The van der Waals surface area contributed by atoms with Crippen molar-refractivity contribution < 1.29 is 18.3 Å². The molecule has 0 bridgehead atoms. The van der Waals surface area contributed by atoms with Gasteiger partial charge in [0.1, 0.15) is 5.75 Å². The molecule has 1 N–H and O–H groups in total. The minimum absolute atomic E-state index is 0.0406. The quantitative estimate of drug-likeness (QED) is 0.470. The second-order valence-corrected chi connectivity index (χ2v) is 8.34. The Morgan fingerprint density at radius 2 is 2.26 bits per heavy atom. The number of carbonyl (C=O) groups is 1. The zero-order valence-corrected chi connectivity index (χ0v) is 14.8. The predicted octanol–water partition coefficient (Wildman–Crippen LogP) is 5.59. The van der Waals surface area contributed by atoms with E-state index in [0.29, 0.717) is 12.1 Å². The van der Waals surface area contributed by atoms with E-state index in [4.69, 9.17) is 11.6 Å². The summed E-state index contributed by atoms with van der Waals surface area (Å²) >= 11 is 5.84. The third kappa shape index (κ3) is 6.77. The van der Waals surface area contributed by atoms with E-state index in [0.717, 1.165) is 24.5 Å². The van der Waals surface area contributed by atoms with Crippen LogP contribution in [0.25, 0.3) is 0 Å². The van der Waals surface area contributed by atoms with Crippen molar-refractivity contribution in [2.45, 2.75) is 44.0 Å². The predicted molar refractivity (Wildman–Crippen MR) is 93.6 cm³/mol. The van der Waals surface area contributed by atoms with Gasteiger partial charge in [-0.05, 0) is 37.5 Å². The minimum Gasteiger partial charge on any atom is -0.433 e. The highest BCUT2D eigenvalue weighted by molar-refractivity contribution is 8.77. The lowest BCUT2D eigenvalue weighted by molar-refractivity contribution is -0.116. The Morgan fingerprint density at radius 1 is 1.43 bits per heavy atom. The van der Waals surface area contributed by atoms with Crippen molar-refractivity contribution in [3.8, 4) is 5.75 Å². The first-order valence-electron chi connectivity index (χ1n) is 7.37. The summed E-state index contributed by atoms with van der Waals surface area (Å²) in [4.78, 5) is 11.9. The standard InChI is InChI=1S/C15H18ClF2NO2S2/c16-12-9-10(5-6-13(12)21-15(17)18)19-14(20)4-2-1-3-11-7-8-22-23-11/h5-6,9,11,15H,1-4,7-8H2,(H,19,20). The van der Waals surface area contributed by atoms with Crippen LogP contribution in [0, 0.1) is 0 Å². The Kier molecular flexibility index (Phi) is 7.79. The van der Waals surface area contributed by atoms with Gasteiger partial charge in [0.25, 0.3) is 0 Å². The van der Waals surface area contributed by atoms with E-state index in [2.05, 4.69) is 10.1 Å². The first-order chi connectivity index (χ1) is 11.0. The molecule has 2 rings (SSSR count). The molecule has 0 radical (unpaired) electrons. The Balaban J connectivity index is 1.70. The van der Waals surface area contributed by atoms with Crippen LogP contribution in [0.3, 0.4) is 0 Å². The van der Waals surface area contributed by atoms with Gasteiger partial charge >= 0.3 is 6.61 Å². The molecule has 1 fully saturated rings. The van der Waals surface area contributed by atoms with Gasteiger partial charge in [0.05, 0.1) is 5.02 Å². The van der Waals surface area contributed by atoms with Crippen LogP contribution in [0.2, 0.25) is 5.02 Å². The number of ether oxygens (including phenoxy) is 1. The summed E-state index contributed by atoms with van der Waals surface area (Å²) in [5.41, 5.74) is 0.476. The van der Waals surface area contributed by atoms with E-state index in [-0.39, 0.29) is 16.7 Å². The van der Waals surface area contributed by atoms with Crippen LogP contribution in [0.1, 0.15) is 32.1 Å². The number of carbonyl (C=O) groups excluding carboxylic acids is 1. The summed E-state index contributed by atoms with van der Waals surface area (Å²) in [5, 5.41) is 3.48. The smallest absolute Gasteiger partial charge is 0.387 e. The number of halogens is 3. The van der Waals surface area contributed by atoms with E-state index < -0.39 is 6.61 Å². The second kappa shape index (κ2) is 9.59. The number of alkyl halides is 2. The third-order valence-corrected chi connectivity index (χ3v) is 6.64. The molecule has 3 nitrogen and oxygen atoms in total. The zero-order valence-electron chi connectivity index (χ0n) is 12.4. The van der Waals surface area contributed by atoms with E-state index >= 15 is 0 Å². The SMILES string of the molecule is O=C(CCCCC1CCSS1)Nc1ccc(OC(F)F)c(Cl)c1. The van der Waals surface area contributed by atoms with Crippen LogP contribution in [0.15, 0.2) is 18.2 Å².